The van der Waals surface area contributed by atoms with Crippen LogP contribution in [0.1, 0.15) is 63.0 Å². The molecule has 0 spiro atoms. The Balaban J connectivity index is 2.09. The second kappa shape index (κ2) is 11.0. The first-order chi connectivity index (χ1) is 10.6. The summed E-state index contributed by atoms with van der Waals surface area (Å²) in [7, 11) is 0. The van der Waals surface area contributed by atoms with Gasteiger partial charge in [-0.25, -0.2) is 0 Å². The van der Waals surface area contributed by atoms with Crippen molar-refractivity contribution >= 4 is 11.6 Å². The molecule has 4 N–H and O–H groups in total. The average Bonchev–Trinajstić information content (AvgIpc) is 2.52. The molecular weight excluding hydrogens is 274 g/mol. The van der Waals surface area contributed by atoms with E-state index >= 15 is 0 Å². The van der Waals surface area contributed by atoms with Gasteiger partial charge in [0.2, 0.25) is 0 Å². The number of hydrogen-bond acceptors (Lipinski definition) is 3. The number of hydrogen-bond donors (Lipinski definition) is 3. The Bertz CT molecular complexity index is 454. The molecule has 0 heterocycles. The van der Waals surface area contributed by atoms with Crippen molar-refractivity contribution in [3.63, 3.8) is 0 Å². The molecule has 4 nitrogen and oxygen atoms in total. The van der Waals surface area contributed by atoms with Crippen LogP contribution in [0.4, 0.5) is 0 Å². The van der Waals surface area contributed by atoms with Gasteiger partial charge in [-0.15, -0.1) is 0 Å². The van der Waals surface area contributed by atoms with Crippen LogP contribution in [0.3, 0.4) is 0 Å². The van der Waals surface area contributed by atoms with Gasteiger partial charge in [-0.1, -0.05) is 56.9 Å². The van der Waals surface area contributed by atoms with Crippen LogP contribution in [0, 0.1) is 5.41 Å². The van der Waals surface area contributed by atoms with E-state index in [2.05, 4.69) is 12.2 Å². The zero-order valence-electron chi connectivity index (χ0n) is 13.7. The van der Waals surface area contributed by atoms with Crippen molar-refractivity contribution in [3.05, 3.63) is 35.4 Å². The van der Waals surface area contributed by atoms with Gasteiger partial charge in [0.25, 0.3) is 0 Å². The van der Waals surface area contributed by atoms with Crippen molar-refractivity contribution in [1.82, 2.24) is 5.32 Å². The lowest BCUT2D eigenvalue weighted by atomic mass is 10.1. The molecule has 0 amide bonds. The van der Waals surface area contributed by atoms with Crippen LogP contribution in [0.5, 0.6) is 0 Å². The second-order valence-corrected chi connectivity index (χ2v) is 5.74. The zero-order chi connectivity index (χ0) is 16.2. The minimum atomic E-state index is 0.0871. The number of nitrogens with one attached hydrogen (secondary N) is 2. The Morgan fingerprint density at radius 1 is 1.09 bits per heavy atom. The second-order valence-electron chi connectivity index (χ2n) is 5.74. The predicted octanol–water partition coefficient (Wildman–Crippen LogP) is 3.38. The SMILES string of the molecule is CCCCCCCC(=O)CCNCc1ccc(C(=N)N)cc1. The Hall–Kier alpha value is -1.68. The monoisotopic (exact) mass is 303 g/mol. The lowest BCUT2D eigenvalue weighted by Gasteiger charge is -2.06. The van der Waals surface area contributed by atoms with E-state index in [1.165, 1.54) is 25.7 Å². The van der Waals surface area contributed by atoms with Crippen molar-refractivity contribution in [2.75, 3.05) is 6.54 Å². The Labute approximate surface area is 134 Å². The number of carbonyl (C=O) groups excluding carboxylic acids is 1. The molecular formula is C18H29N3O. The standard InChI is InChI=1S/C18H29N3O/c1-2-3-4-5-6-7-17(22)12-13-21-14-15-8-10-16(11-9-15)18(19)20/h8-11,21H,2-7,12-14H2,1H3,(H3,19,20). The maximum absolute atomic E-state index is 11.7. The van der Waals surface area contributed by atoms with Crippen LogP contribution in [-0.4, -0.2) is 18.2 Å². The summed E-state index contributed by atoms with van der Waals surface area (Å²) in [6, 6.07) is 7.61. The smallest absolute Gasteiger partial charge is 0.134 e. The fourth-order valence-corrected chi connectivity index (χ4v) is 2.31. The topological polar surface area (TPSA) is 79.0 Å². The molecule has 0 saturated heterocycles. The van der Waals surface area contributed by atoms with E-state index in [9.17, 15) is 4.79 Å². The van der Waals surface area contributed by atoms with Gasteiger partial charge < -0.3 is 11.1 Å². The quantitative estimate of drug-likeness (QED) is 0.315. The molecule has 22 heavy (non-hydrogen) atoms. The van der Waals surface area contributed by atoms with E-state index in [0.717, 1.165) is 37.1 Å². The van der Waals surface area contributed by atoms with Crippen molar-refractivity contribution < 1.29 is 4.79 Å². The van der Waals surface area contributed by atoms with Crippen LogP contribution >= 0.6 is 0 Å². The lowest BCUT2D eigenvalue weighted by molar-refractivity contribution is -0.119. The third-order valence-corrected chi connectivity index (χ3v) is 3.73. The number of rotatable bonds is 12. The van der Waals surface area contributed by atoms with Crippen molar-refractivity contribution in [2.24, 2.45) is 5.73 Å². The summed E-state index contributed by atoms with van der Waals surface area (Å²) in [5.74, 6) is 0.444. The molecule has 122 valence electrons. The predicted molar refractivity (Wildman–Crippen MR) is 92.2 cm³/mol. The Morgan fingerprint density at radius 3 is 2.41 bits per heavy atom. The van der Waals surface area contributed by atoms with Gasteiger partial charge >= 0.3 is 0 Å². The molecule has 4 heteroatoms. The summed E-state index contributed by atoms with van der Waals surface area (Å²) in [6.07, 6.45) is 7.31. The average molecular weight is 303 g/mol. The van der Waals surface area contributed by atoms with Crippen LogP contribution in [-0.2, 0) is 11.3 Å². The summed E-state index contributed by atoms with van der Waals surface area (Å²) >= 11 is 0. The Morgan fingerprint density at radius 2 is 1.77 bits per heavy atom. The summed E-state index contributed by atoms with van der Waals surface area (Å²) < 4.78 is 0. The maximum Gasteiger partial charge on any atom is 0.134 e. The summed E-state index contributed by atoms with van der Waals surface area (Å²) in [5.41, 5.74) is 7.29. The van der Waals surface area contributed by atoms with Crippen molar-refractivity contribution in [1.29, 1.82) is 5.41 Å². The molecule has 0 aromatic heterocycles. The van der Waals surface area contributed by atoms with Crippen molar-refractivity contribution in [3.8, 4) is 0 Å². The van der Waals surface area contributed by atoms with E-state index in [4.69, 9.17) is 11.1 Å². The first kappa shape index (κ1) is 18.4. The highest BCUT2D eigenvalue weighted by molar-refractivity contribution is 5.94. The van der Waals surface area contributed by atoms with Gasteiger partial charge in [0.15, 0.2) is 0 Å². The van der Waals surface area contributed by atoms with E-state index < -0.39 is 0 Å². The summed E-state index contributed by atoms with van der Waals surface area (Å²) in [5, 5.41) is 10.6. The number of nitrogen functional groups attached to an aromatic ring is 1. The van der Waals surface area contributed by atoms with Gasteiger partial charge in [0.1, 0.15) is 11.6 Å². The van der Waals surface area contributed by atoms with Gasteiger partial charge in [0.05, 0.1) is 0 Å². The summed E-state index contributed by atoms with van der Waals surface area (Å²) in [6.45, 7) is 3.66. The fourth-order valence-electron chi connectivity index (χ4n) is 2.31. The molecule has 0 aliphatic rings. The largest absolute Gasteiger partial charge is 0.384 e. The number of amidine groups is 1. The minimum absolute atomic E-state index is 0.0871. The maximum atomic E-state index is 11.7. The number of Topliss-reactive ketones (excluding diaryl/α,β-unsaturated/α-hetero) is 1. The molecule has 0 fully saturated rings. The van der Waals surface area contributed by atoms with E-state index in [-0.39, 0.29) is 5.84 Å². The minimum Gasteiger partial charge on any atom is -0.384 e. The van der Waals surface area contributed by atoms with Gasteiger partial charge in [-0.2, -0.15) is 0 Å². The molecule has 0 saturated carbocycles. The van der Waals surface area contributed by atoms with Crippen LogP contribution in [0.15, 0.2) is 24.3 Å². The normalized spacial score (nSPS) is 10.6. The molecule has 0 atom stereocenters. The van der Waals surface area contributed by atoms with E-state index in [0.29, 0.717) is 12.2 Å². The molecule has 1 aromatic carbocycles. The molecule has 0 bridgehead atoms. The van der Waals surface area contributed by atoms with E-state index in [1.54, 1.807) is 0 Å². The lowest BCUT2D eigenvalue weighted by Crippen LogP contribution is -2.18. The van der Waals surface area contributed by atoms with Gasteiger partial charge in [-0.05, 0) is 12.0 Å². The molecule has 1 aromatic rings. The highest BCUT2D eigenvalue weighted by atomic mass is 16.1. The highest BCUT2D eigenvalue weighted by Crippen LogP contribution is 2.06. The number of carbonyl (C=O) groups is 1. The first-order valence-electron chi connectivity index (χ1n) is 8.29. The number of unbranched alkanes of at least 4 members (excludes halogenated alkanes) is 4. The molecule has 1 rings (SSSR count). The zero-order valence-corrected chi connectivity index (χ0v) is 13.7. The first-order valence-corrected chi connectivity index (χ1v) is 8.29. The van der Waals surface area contributed by atoms with Crippen LogP contribution in [0.25, 0.3) is 0 Å². The fraction of sp³-hybridized carbons (Fsp3) is 0.556. The summed E-state index contributed by atoms with van der Waals surface area (Å²) in [4.78, 5) is 11.7. The number of ketones is 1. The van der Waals surface area contributed by atoms with Crippen LogP contribution < -0.4 is 11.1 Å². The molecule has 0 radical (unpaired) electrons. The molecule has 0 unspecified atom stereocenters. The van der Waals surface area contributed by atoms with Gasteiger partial charge in [0, 0.05) is 31.5 Å². The van der Waals surface area contributed by atoms with Crippen molar-refractivity contribution in [2.45, 2.75) is 58.4 Å². The third-order valence-electron chi connectivity index (χ3n) is 3.73. The van der Waals surface area contributed by atoms with E-state index in [1.807, 2.05) is 24.3 Å². The van der Waals surface area contributed by atoms with Crippen LogP contribution in [0.2, 0.25) is 0 Å². The number of nitrogens with two attached hydrogens (primary N) is 1. The third kappa shape index (κ3) is 7.93. The van der Waals surface area contributed by atoms with Gasteiger partial charge in [-0.3, -0.25) is 10.2 Å². The highest BCUT2D eigenvalue weighted by Gasteiger charge is 2.02. The Kier molecular flexibility index (Phi) is 9.15. The molecule has 0 aliphatic carbocycles. The number of benzene rings is 1. The molecule has 0 aliphatic heterocycles.